The minimum Gasteiger partial charge on any atom is -0.465 e. The Labute approximate surface area is 231 Å². The van der Waals surface area contributed by atoms with Crippen LogP contribution in [0.2, 0.25) is 0 Å². The van der Waals surface area contributed by atoms with E-state index in [2.05, 4.69) is 10.1 Å². The number of carboxylic acid groups (broad SMARTS) is 1. The smallest absolute Gasteiger partial charge is 0.407 e. The number of aliphatic hydroxyl groups is 1. The van der Waals surface area contributed by atoms with E-state index in [1.54, 1.807) is 22.8 Å². The third kappa shape index (κ3) is 4.40. The lowest BCUT2D eigenvalue weighted by atomic mass is 9.66. The number of piperidine rings is 1. The summed E-state index contributed by atoms with van der Waals surface area (Å²) in [5, 5.41) is 26.1. The van der Waals surface area contributed by atoms with E-state index >= 15 is 0 Å². The molecule has 2 saturated heterocycles. The quantitative estimate of drug-likeness (QED) is 0.511. The summed E-state index contributed by atoms with van der Waals surface area (Å²) in [6.45, 7) is 1.57. The second-order valence-electron chi connectivity index (χ2n) is 11.5. The first-order valence-corrected chi connectivity index (χ1v) is 13.9. The van der Waals surface area contributed by atoms with Gasteiger partial charge in [0.05, 0.1) is 30.7 Å². The van der Waals surface area contributed by atoms with Crippen LogP contribution in [0.1, 0.15) is 43.7 Å². The number of rotatable bonds is 3. The zero-order chi connectivity index (χ0) is 28.1. The molecule has 40 heavy (non-hydrogen) atoms. The van der Waals surface area contributed by atoms with Crippen LogP contribution >= 0.6 is 0 Å². The number of carbonyl (C=O) groups excluding carboxylic acids is 1. The molecule has 2 aliphatic heterocycles. The van der Waals surface area contributed by atoms with Crippen molar-refractivity contribution in [1.29, 1.82) is 0 Å². The molecular formula is C28H35N7O5. The summed E-state index contributed by atoms with van der Waals surface area (Å²) in [5.74, 6) is 0. The van der Waals surface area contributed by atoms with Gasteiger partial charge in [-0.1, -0.05) is 43.2 Å². The molecule has 1 spiro atoms. The van der Waals surface area contributed by atoms with Gasteiger partial charge in [-0.2, -0.15) is 5.10 Å². The second-order valence-corrected chi connectivity index (χ2v) is 11.5. The average Bonchev–Trinajstić information content (AvgIpc) is 3.59. The highest BCUT2D eigenvalue weighted by atomic mass is 16.4. The number of aromatic nitrogens is 4. The molecule has 3 fully saturated rings. The lowest BCUT2D eigenvalue weighted by molar-refractivity contribution is -0.137. The summed E-state index contributed by atoms with van der Waals surface area (Å²) in [7, 11) is 1.74. The molecule has 12 heteroatoms. The van der Waals surface area contributed by atoms with E-state index in [0.29, 0.717) is 31.6 Å². The number of aryl methyl sites for hydroxylation is 1. The fourth-order valence-corrected chi connectivity index (χ4v) is 7.03. The molecule has 1 aromatic carbocycles. The van der Waals surface area contributed by atoms with Crippen molar-refractivity contribution < 1.29 is 19.8 Å². The van der Waals surface area contributed by atoms with Crippen LogP contribution in [-0.4, -0.2) is 94.7 Å². The van der Waals surface area contributed by atoms with Crippen molar-refractivity contribution in [2.45, 2.75) is 50.3 Å². The fraction of sp³-hybridized carbons (Fsp3) is 0.536. The van der Waals surface area contributed by atoms with E-state index < -0.39 is 23.2 Å². The molecule has 4 heterocycles. The van der Waals surface area contributed by atoms with Crippen molar-refractivity contribution in [3.05, 3.63) is 58.8 Å². The van der Waals surface area contributed by atoms with Gasteiger partial charge in [0.15, 0.2) is 5.52 Å². The molecule has 3 amide bonds. The monoisotopic (exact) mass is 549 g/mol. The third-order valence-corrected chi connectivity index (χ3v) is 9.23. The van der Waals surface area contributed by atoms with Crippen molar-refractivity contribution in [2.75, 3.05) is 32.7 Å². The van der Waals surface area contributed by atoms with Crippen molar-refractivity contribution in [3.8, 4) is 0 Å². The first kappa shape index (κ1) is 26.3. The Balaban J connectivity index is 1.26. The summed E-state index contributed by atoms with van der Waals surface area (Å²) < 4.78 is 3.02. The Morgan fingerprint density at radius 2 is 1.80 bits per heavy atom. The van der Waals surface area contributed by atoms with Crippen LogP contribution in [0.4, 0.5) is 9.59 Å². The Kier molecular flexibility index (Phi) is 6.52. The lowest BCUT2D eigenvalue weighted by Crippen LogP contribution is -2.64. The van der Waals surface area contributed by atoms with Gasteiger partial charge in [0.25, 0.3) is 5.56 Å². The number of carbonyl (C=O) groups is 2. The van der Waals surface area contributed by atoms with Crippen molar-refractivity contribution in [2.24, 2.45) is 12.5 Å². The van der Waals surface area contributed by atoms with Gasteiger partial charge in [-0.15, -0.1) is 0 Å². The predicted molar refractivity (Wildman–Crippen MR) is 146 cm³/mol. The van der Waals surface area contributed by atoms with Crippen LogP contribution < -0.4 is 5.56 Å². The third-order valence-electron chi connectivity index (χ3n) is 9.23. The zero-order valence-corrected chi connectivity index (χ0v) is 22.6. The van der Waals surface area contributed by atoms with E-state index in [1.165, 1.54) is 15.8 Å². The Morgan fingerprint density at radius 1 is 1.05 bits per heavy atom. The van der Waals surface area contributed by atoms with Gasteiger partial charge in [-0.25, -0.2) is 14.6 Å². The molecule has 2 atom stereocenters. The molecule has 0 bridgehead atoms. The minimum atomic E-state index is -1.19. The van der Waals surface area contributed by atoms with E-state index in [4.69, 9.17) is 0 Å². The van der Waals surface area contributed by atoms with Crippen LogP contribution in [0.3, 0.4) is 0 Å². The van der Waals surface area contributed by atoms with Gasteiger partial charge >= 0.3 is 12.1 Å². The molecule has 212 valence electrons. The molecule has 3 aliphatic rings. The normalized spacial score (nSPS) is 24.6. The number of hydrogen-bond acceptors (Lipinski definition) is 6. The molecule has 0 radical (unpaired) electrons. The summed E-state index contributed by atoms with van der Waals surface area (Å²) in [6, 6.07) is 9.00. The van der Waals surface area contributed by atoms with Crippen LogP contribution in [0.25, 0.3) is 11.0 Å². The number of amides is 3. The highest BCUT2D eigenvalue weighted by Gasteiger charge is 2.56. The Bertz CT molecular complexity index is 1480. The highest BCUT2D eigenvalue weighted by Crippen LogP contribution is 2.52. The first-order chi connectivity index (χ1) is 19.2. The molecule has 3 aromatic rings. The molecule has 1 aliphatic carbocycles. The lowest BCUT2D eigenvalue weighted by Gasteiger charge is -2.53. The topological polar surface area (TPSA) is 137 Å². The maximum atomic E-state index is 14.1. The number of piperazine rings is 1. The van der Waals surface area contributed by atoms with Crippen LogP contribution in [-0.2, 0) is 13.6 Å². The molecule has 6 rings (SSSR count). The van der Waals surface area contributed by atoms with Gasteiger partial charge < -0.3 is 24.9 Å². The highest BCUT2D eigenvalue weighted by molar-refractivity contribution is 5.76. The predicted octanol–water partition coefficient (Wildman–Crippen LogP) is 2.28. The number of nitrogens with zero attached hydrogens (tertiary/aromatic N) is 7. The van der Waals surface area contributed by atoms with E-state index in [0.717, 1.165) is 31.2 Å². The first-order valence-electron chi connectivity index (χ1n) is 13.9. The Morgan fingerprint density at radius 3 is 2.52 bits per heavy atom. The summed E-state index contributed by atoms with van der Waals surface area (Å²) in [5.41, 5.74) is -0.341. The van der Waals surface area contributed by atoms with E-state index in [1.807, 2.05) is 35.2 Å². The summed E-state index contributed by atoms with van der Waals surface area (Å²) in [6.07, 6.45) is 5.92. The van der Waals surface area contributed by atoms with Crippen molar-refractivity contribution in [1.82, 2.24) is 34.0 Å². The van der Waals surface area contributed by atoms with Crippen molar-refractivity contribution >= 4 is 23.2 Å². The molecule has 1 saturated carbocycles. The fourth-order valence-electron chi connectivity index (χ4n) is 7.03. The van der Waals surface area contributed by atoms with Crippen LogP contribution in [0.15, 0.2) is 47.7 Å². The van der Waals surface area contributed by atoms with Gasteiger partial charge in [-0.3, -0.25) is 14.0 Å². The van der Waals surface area contributed by atoms with Crippen LogP contribution in [0, 0.1) is 5.41 Å². The van der Waals surface area contributed by atoms with Gasteiger partial charge in [0.2, 0.25) is 0 Å². The molecular weight excluding hydrogens is 514 g/mol. The standard InChI is InChI=1S/C28H35N7O5/c1-31-15-21-23(30-31)24(36)34(19-29-21)18-28(40)11-12-33(17-27(28)9-5-6-10-27)25(37)35-14-13-32(26(38)39)16-22(35)20-7-3-2-4-8-20/h2-4,7-8,15,19,22,40H,5-6,9-14,16-18H2,1H3,(H,38,39)/t22-,28?/m0/s1. The molecule has 2 N–H and O–H groups in total. The largest absolute Gasteiger partial charge is 0.465 e. The average molecular weight is 550 g/mol. The Hall–Kier alpha value is -3.93. The van der Waals surface area contributed by atoms with Crippen molar-refractivity contribution in [3.63, 3.8) is 0 Å². The maximum absolute atomic E-state index is 14.1. The van der Waals surface area contributed by atoms with Crippen LogP contribution in [0.5, 0.6) is 0 Å². The number of hydrogen-bond donors (Lipinski definition) is 2. The summed E-state index contributed by atoms with van der Waals surface area (Å²) >= 11 is 0. The number of fused-ring (bicyclic) bond motifs is 1. The number of benzene rings is 1. The molecule has 12 nitrogen and oxygen atoms in total. The second kappa shape index (κ2) is 9.92. The number of urea groups is 1. The zero-order valence-electron chi connectivity index (χ0n) is 22.6. The maximum Gasteiger partial charge on any atom is 0.407 e. The minimum absolute atomic E-state index is 0.0945. The summed E-state index contributed by atoms with van der Waals surface area (Å²) in [4.78, 5) is 48.4. The molecule has 1 unspecified atom stereocenters. The van der Waals surface area contributed by atoms with E-state index in [9.17, 15) is 24.6 Å². The van der Waals surface area contributed by atoms with Gasteiger partial charge in [-0.05, 0) is 24.8 Å². The van der Waals surface area contributed by atoms with Gasteiger partial charge in [0.1, 0.15) is 5.52 Å². The molecule has 2 aromatic heterocycles. The van der Waals surface area contributed by atoms with Gasteiger partial charge in [0, 0.05) is 45.2 Å². The number of likely N-dealkylation sites (tertiary alicyclic amines) is 1. The van der Waals surface area contributed by atoms with E-state index in [-0.39, 0.29) is 36.7 Å². The SMILES string of the molecule is Cn1cc2ncn(CC3(O)CCN(C(=O)N4CCN(C(=O)O)C[C@H]4c4ccccc4)CC34CCCC4)c(=O)c2n1.